The summed E-state index contributed by atoms with van der Waals surface area (Å²) in [5.74, 6) is 0.617. The van der Waals surface area contributed by atoms with Crippen LogP contribution in [-0.2, 0) is 22.4 Å². The summed E-state index contributed by atoms with van der Waals surface area (Å²) in [5.41, 5.74) is 3.43. The van der Waals surface area contributed by atoms with Crippen molar-refractivity contribution in [3.8, 4) is 17.0 Å². The number of aliphatic hydroxyl groups is 1. The average molecular weight is 525 g/mol. The summed E-state index contributed by atoms with van der Waals surface area (Å²) < 4.78 is 15.4. The Morgan fingerprint density at radius 2 is 1.92 bits per heavy atom. The second-order valence-electron chi connectivity index (χ2n) is 9.67. The van der Waals surface area contributed by atoms with Gasteiger partial charge in [0.15, 0.2) is 0 Å². The molecule has 0 radical (unpaired) electrons. The molecule has 1 aliphatic heterocycles. The van der Waals surface area contributed by atoms with Crippen LogP contribution in [0.25, 0.3) is 11.3 Å². The van der Waals surface area contributed by atoms with Crippen LogP contribution in [0.5, 0.6) is 5.75 Å². The summed E-state index contributed by atoms with van der Waals surface area (Å²) >= 11 is 7.64. The van der Waals surface area contributed by atoms with E-state index < -0.39 is 11.6 Å². The largest absolute Gasteiger partial charge is 0.512 e. The minimum Gasteiger partial charge on any atom is -0.512 e. The van der Waals surface area contributed by atoms with E-state index in [0.29, 0.717) is 42.0 Å². The van der Waals surface area contributed by atoms with E-state index in [1.54, 1.807) is 7.11 Å². The fourth-order valence-corrected chi connectivity index (χ4v) is 6.24. The van der Waals surface area contributed by atoms with E-state index in [0.717, 1.165) is 48.1 Å². The number of methoxy groups -OCH3 is 1. The molecule has 1 aliphatic carbocycles. The van der Waals surface area contributed by atoms with Gasteiger partial charge in [0, 0.05) is 23.8 Å². The Kier molecular flexibility index (Phi) is 7.30. The van der Waals surface area contributed by atoms with Crippen LogP contribution < -0.4 is 4.74 Å². The molecule has 1 N–H and O–H groups in total. The van der Waals surface area contributed by atoms with Gasteiger partial charge in [-0.25, -0.2) is 4.79 Å². The summed E-state index contributed by atoms with van der Waals surface area (Å²) in [6.45, 7) is 0. The number of esters is 1. The highest BCUT2D eigenvalue weighted by atomic mass is 35.5. The Morgan fingerprint density at radius 1 is 1.17 bits per heavy atom. The third-order valence-corrected chi connectivity index (χ3v) is 8.30. The normalized spacial score (nSPS) is 20.6. The minimum absolute atomic E-state index is 0.152. The van der Waals surface area contributed by atoms with Gasteiger partial charge in [-0.3, -0.25) is 0 Å². The lowest BCUT2D eigenvalue weighted by molar-refractivity contribution is -0.167. The highest BCUT2D eigenvalue weighted by molar-refractivity contribution is 7.03. The van der Waals surface area contributed by atoms with Crippen LogP contribution >= 0.6 is 23.1 Å². The van der Waals surface area contributed by atoms with Crippen molar-refractivity contribution in [2.45, 2.75) is 57.0 Å². The zero-order chi connectivity index (χ0) is 25.1. The summed E-state index contributed by atoms with van der Waals surface area (Å²) in [4.78, 5) is 13.3. The highest BCUT2D eigenvalue weighted by Crippen LogP contribution is 2.46. The summed E-state index contributed by atoms with van der Waals surface area (Å²) in [5, 5.41) is 17.7. The maximum Gasteiger partial charge on any atom is 0.338 e. The lowest BCUT2D eigenvalue weighted by Crippen LogP contribution is -2.46. The Bertz CT molecular complexity index is 1250. The lowest BCUT2D eigenvalue weighted by Gasteiger charge is -2.42. The molecule has 8 heteroatoms. The zero-order valence-electron chi connectivity index (χ0n) is 20.2. The van der Waals surface area contributed by atoms with Gasteiger partial charge in [-0.15, -0.1) is 5.10 Å². The zero-order valence-corrected chi connectivity index (χ0v) is 21.8. The first-order chi connectivity index (χ1) is 17.5. The van der Waals surface area contributed by atoms with Gasteiger partial charge in [-0.05, 0) is 66.4 Å². The van der Waals surface area contributed by atoms with Crippen LogP contribution in [0, 0.1) is 5.92 Å². The third kappa shape index (κ3) is 5.13. The van der Waals surface area contributed by atoms with E-state index in [2.05, 4.69) is 9.59 Å². The SMILES string of the molecule is COc1ccc(CCC2(C3CCCC3)CC(O)=C(Cc3ccc(-c4csnn4)cc3)C(=O)O2)cc1Cl. The van der Waals surface area contributed by atoms with Crippen LogP contribution in [0.2, 0.25) is 5.02 Å². The number of ether oxygens (including phenoxy) is 2. The second-order valence-corrected chi connectivity index (χ2v) is 10.7. The van der Waals surface area contributed by atoms with Crippen molar-refractivity contribution in [3.63, 3.8) is 0 Å². The van der Waals surface area contributed by atoms with E-state index >= 15 is 0 Å². The predicted molar refractivity (Wildman–Crippen MR) is 140 cm³/mol. The molecule has 5 rings (SSSR count). The summed E-state index contributed by atoms with van der Waals surface area (Å²) in [6, 6.07) is 13.6. The number of hydrogen-bond donors (Lipinski definition) is 1. The first-order valence-electron chi connectivity index (χ1n) is 12.3. The molecule has 1 aromatic heterocycles. The summed E-state index contributed by atoms with van der Waals surface area (Å²) in [6.07, 6.45) is 6.27. The molecule has 0 amide bonds. The molecule has 2 aliphatic rings. The van der Waals surface area contributed by atoms with E-state index in [1.165, 1.54) is 11.5 Å². The molecule has 0 spiro atoms. The number of hydrogen-bond acceptors (Lipinski definition) is 7. The molecule has 36 heavy (non-hydrogen) atoms. The number of rotatable bonds is 8. The second kappa shape index (κ2) is 10.6. The number of nitrogens with zero attached hydrogens (tertiary/aromatic N) is 2. The number of carbonyl (C=O) groups excluding carboxylic acids is 1. The van der Waals surface area contributed by atoms with E-state index in [9.17, 15) is 9.90 Å². The van der Waals surface area contributed by atoms with Crippen molar-refractivity contribution < 1.29 is 19.4 Å². The monoisotopic (exact) mass is 524 g/mol. The van der Waals surface area contributed by atoms with Crippen molar-refractivity contribution in [1.29, 1.82) is 0 Å². The summed E-state index contributed by atoms with van der Waals surface area (Å²) in [7, 11) is 1.59. The maximum absolute atomic E-state index is 13.3. The Labute approximate surface area is 220 Å². The molecule has 1 saturated carbocycles. The standard InChI is InChI=1S/C28H29ClN2O4S/c1-34-26-11-8-19(15-23(26)29)12-13-28(21-4-2-3-5-21)16-25(32)22(27(33)35-28)14-18-6-9-20(10-7-18)24-17-36-31-30-24/h6-11,15,17,21,32H,2-5,12-14,16H2,1H3. The van der Waals surface area contributed by atoms with E-state index in [1.807, 2.05) is 47.8 Å². The predicted octanol–water partition coefficient (Wildman–Crippen LogP) is 6.73. The Balaban J connectivity index is 1.35. The number of aryl methyl sites for hydroxylation is 1. The number of aromatic nitrogens is 2. The molecule has 0 saturated heterocycles. The maximum atomic E-state index is 13.3. The third-order valence-electron chi connectivity index (χ3n) is 7.50. The molecule has 2 heterocycles. The molecule has 1 atom stereocenters. The molecule has 0 bridgehead atoms. The Morgan fingerprint density at radius 3 is 2.56 bits per heavy atom. The van der Waals surface area contributed by atoms with Gasteiger partial charge in [0.1, 0.15) is 22.8 Å². The van der Waals surface area contributed by atoms with Crippen molar-refractivity contribution in [2.75, 3.05) is 7.11 Å². The van der Waals surface area contributed by atoms with Crippen molar-refractivity contribution in [3.05, 3.63) is 75.3 Å². The molecule has 188 valence electrons. The van der Waals surface area contributed by atoms with Crippen LogP contribution in [0.1, 0.15) is 49.7 Å². The van der Waals surface area contributed by atoms with Crippen LogP contribution in [-0.4, -0.2) is 33.4 Å². The topological polar surface area (TPSA) is 81.5 Å². The average Bonchev–Trinajstić information content (AvgIpc) is 3.61. The van der Waals surface area contributed by atoms with Gasteiger partial charge in [-0.1, -0.05) is 59.3 Å². The van der Waals surface area contributed by atoms with Crippen LogP contribution in [0.3, 0.4) is 0 Å². The van der Waals surface area contributed by atoms with Gasteiger partial charge >= 0.3 is 5.97 Å². The van der Waals surface area contributed by atoms with Gasteiger partial charge in [-0.2, -0.15) is 0 Å². The first-order valence-corrected chi connectivity index (χ1v) is 13.5. The smallest absolute Gasteiger partial charge is 0.338 e. The number of benzene rings is 2. The fraction of sp³-hybridized carbons (Fsp3) is 0.393. The fourth-order valence-electron chi connectivity index (χ4n) is 5.50. The number of halogens is 1. The molecule has 2 aromatic carbocycles. The lowest BCUT2D eigenvalue weighted by atomic mass is 9.76. The van der Waals surface area contributed by atoms with Crippen molar-refractivity contribution in [2.24, 2.45) is 5.92 Å². The number of aliphatic hydroxyl groups excluding tert-OH is 1. The highest BCUT2D eigenvalue weighted by Gasteiger charge is 2.47. The van der Waals surface area contributed by atoms with Gasteiger partial charge in [0.05, 0.1) is 17.7 Å². The van der Waals surface area contributed by atoms with E-state index in [-0.39, 0.29) is 11.7 Å². The molecule has 1 fully saturated rings. The van der Waals surface area contributed by atoms with E-state index in [4.69, 9.17) is 21.1 Å². The van der Waals surface area contributed by atoms with Gasteiger partial charge in [0.25, 0.3) is 0 Å². The van der Waals surface area contributed by atoms with Crippen molar-refractivity contribution in [1.82, 2.24) is 9.59 Å². The molecule has 6 nitrogen and oxygen atoms in total. The van der Waals surface area contributed by atoms with Crippen LogP contribution in [0.4, 0.5) is 0 Å². The first kappa shape index (κ1) is 24.8. The molecular weight excluding hydrogens is 496 g/mol. The number of carbonyl (C=O) groups is 1. The number of cyclic esters (lactones) is 1. The van der Waals surface area contributed by atoms with Crippen molar-refractivity contribution >= 4 is 29.1 Å². The Hall–Kier alpha value is -2.90. The van der Waals surface area contributed by atoms with Gasteiger partial charge in [0.2, 0.25) is 0 Å². The molecule has 1 unspecified atom stereocenters. The van der Waals surface area contributed by atoms with Gasteiger partial charge < -0.3 is 14.6 Å². The molecular formula is C28H29ClN2O4S. The molecule has 3 aromatic rings. The minimum atomic E-state index is -0.699. The van der Waals surface area contributed by atoms with Crippen LogP contribution in [0.15, 0.2) is 59.2 Å². The quantitative estimate of drug-likeness (QED) is 0.329.